The fraction of sp³-hybridized carbons (Fsp3) is 0.160. The van der Waals surface area contributed by atoms with Crippen molar-refractivity contribution in [3.05, 3.63) is 98.9 Å². The van der Waals surface area contributed by atoms with Crippen molar-refractivity contribution in [3.63, 3.8) is 0 Å². The zero-order valence-electron chi connectivity index (χ0n) is 17.4. The van der Waals surface area contributed by atoms with Crippen LogP contribution in [0.3, 0.4) is 0 Å². The van der Waals surface area contributed by atoms with Gasteiger partial charge in [0.05, 0.1) is 5.39 Å². The van der Waals surface area contributed by atoms with Crippen molar-refractivity contribution in [1.29, 1.82) is 0 Å². The molecular formula is C25H18ClF3O4. The topological polar surface area (TPSA) is 48.7 Å². The Balaban J connectivity index is 1.69. The Morgan fingerprint density at radius 2 is 1.55 bits per heavy atom. The molecule has 4 nitrogen and oxygen atoms in total. The second kappa shape index (κ2) is 9.19. The van der Waals surface area contributed by atoms with Crippen molar-refractivity contribution >= 4 is 22.6 Å². The SMILES string of the molecule is CCc1ccc(Oc2c(C(F)(F)F)oc3cc(OCc4ccc(Cl)cc4)ccc3c2=O)cc1. The number of rotatable bonds is 6. The van der Waals surface area contributed by atoms with Gasteiger partial charge in [-0.05, 0) is 53.9 Å². The van der Waals surface area contributed by atoms with Crippen LogP contribution in [0.1, 0.15) is 23.8 Å². The van der Waals surface area contributed by atoms with Gasteiger partial charge >= 0.3 is 6.18 Å². The van der Waals surface area contributed by atoms with Crippen LogP contribution >= 0.6 is 11.6 Å². The number of hydrogen-bond acceptors (Lipinski definition) is 4. The van der Waals surface area contributed by atoms with Crippen LogP contribution < -0.4 is 14.9 Å². The Labute approximate surface area is 192 Å². The third-order valence-corrected chi connectivity index (χ3v) is 5.20. The summed E-state index contributed by atoms with van der Waals surface area (Å²) < 4.78 is 57.3. The van der Waals surface area contributed by atoms with E-state index in [0.717, 1.165) is 17.5 Å². The fourth-order valence-electron chi connectivity index (χ4n) is 3.18. The lowest BCUT2D eigenvalue weighted by Gasteiger charge is -2.14. The van der Waals surface area contributed by atoms with Crippen LogP contribution in [0.25, 0.3) is 11.0 Å². The van der Waals surface area contributed by atoms with Gasteiger partial charge in [-0.1, -0.05) is 42.8 Å². The molecule has 1 heterocycles. The van der Waals surface area contributed by atoms with Crippen LogP contribution in [0.4, 0.5) is 13.2 Å². The third kappa shape index (κ3) is 5.14. The van der Waals surface area contributed by atoms with E-state index in [2.05, 4.69) is 0 Å². The van der Waals surface area contributed by atoms with E-state index in [0.29, 0.717) is 5.02 Å². The summed E-state index contributed by atoms with van der Waals surface area (Å²) in [6, 6.07) is 17.5. The highest BCUT2D eigenvalue weighted by atomic mass is 35.5. The lowest BCUT2D eigenvalue weighted by molar-refractivity contribution is -0.154. The second-order valence-corrected chi connectivity index (χ2v) is 7.70. The fourth-order valence-corrected chi connectivity index (χ4v) is 3.31. The van der Waals surface area contributed by atoms with Crippen molar-refractivity contribution < 1.29 is 27.1 Å². The van der Waals surface area contributed by atoms with Crippen molar-refractivity contribution in [2.24, 2.45) is 0 Å². The average molecular weight is 475 g/mol. The van der Waals surface area contributed by atoms with Gasteiger partial charge < -0.3 is 13.9 Å². The lowest BCUT2D eigenvalue weighted by Crippen LogP contribution is -2.15. The highest BCUT2D eigenvalue weighted by Gasteiger charge is 2.40. The molecule has 4 aromatic rings. The molecule has 0 aliphatic rings. The summed E-state index contributed by atoms with van der Waals surface area (Å²) in [6.07, 6.45) is -4.18. The number of aryl methyl sites for hydroxylation is 1. The zero-order valence-corrected chi connectivity index (χ0v) is 18.2. The molecule has 0 fully saturated rings. The highest BCUT2D eigenvalue weighted by Crippen LogP contribution is 2.38. The Bertz CT molecular complexity index is 1330. The van der Waals surface area contributed by atoms with Gasteiger partial charge in [-0.15, -0.1) is 0 Å². The Kier molecular flexibility index (Phi) is 6.33. The normalized spacial score (nSPS) is 11.5. The van der Waals surface area contributed by atoms with E-state index in [-0.39, 0.29) is 29.1 Å². The Morgan fingerprint density at radius 3 is 2.18 bits per heavy atom. The Morgan fingerprint density at radius 1 is 0.909 bits per heavy atom. The minimum Gasteiger partial charge on any atom is -0.489 e. The van der Waals surface area contributed by atoms with Gasteiger partial charge in [0.15, 0.2) is 0 Å². The molecule has 0 radical (unpaired) electrons. The van der Waals surface area contributed by atoms with E-state index in [1.165, 1.54) is 30.3 Å². The number of benzene rings is 3. The minimum absolute atomic E-state index is 0.0537. The first-order chi connectivity index (χ1) is 15.7. The molecule has 0 saturated heterocycles. The quantitative estimate of drug-likeness (QED) is 0.292. The van der Waals surface area contributed by atoms with Gasteiger partial charge in [0, 0.05) is 11.1 Å². The first kappa shape index (κ1) is 22.7. The van der Waals surface area contributed by atoms with Gasteiger partial charge in [-0.25, -0.2) is 0 Å². The maximum Gasteiger partial charge on any atom is 0.453 e. The van der Waals surface area contributed by atoms with Crippen molar-refractivity contribution in [2.45, 2.75) is 26.1 Å². The van der Waals surface area contributed by atoms with Gasteiger partial charge in [-0.2, -0.15) is 13.2 Å². The van der Waals surface area contributed by atoms with E-state index < -0.39 is 23.1 Å². The van der Waals surface area contributed by atoms with Crippen LogP contribution in [0.5, 0.6) is 17.2 Å². The first-order valence-electron chi connectivity index (χ1n) is 10.1. The molecule has 0 N–H and O–H groups in total. The monoisotopic (exact) mass is 474 g/mol. The molecule has 0 aliphatic carbocycles. The zero-order chi connectivity index (χ0) is 23.6. The summed E-state index contributed by atoms with van der Waals surface area (Å²) in [5, 5.41) is 0.521. The Hall–Kier alpha value is -3.45. The summed E-state index contributed by atoms with van der Waals surface area (Å²) in [7, 11) is 0. The highest BCUT2D eigenvalue weighted by molar-refractivity contribution is 6.30. The lowest BCUT2D eigenvalue weighted by atomic mass is 10.1. The molecule has 4 rings (SSSR count). The predicted molar refractivity (Wildman–Crippen MR) is 119 cm³/mol. The smallest absolute Gasteiger partial charge is 0.453 e. The molecule has 170 valence electrons. The summed E-state index contributed by atoms with van der Waals surface area (Å²) >= 11 is 5.85. The molecule has 0 saturated carbocycles. The molecule has 0 spiro atoms. The van der Waals surface area contributed by atoms with Crippen LogP contribution in [0.2, 0.25) is 5.02 Å². The van der Waals surface area contributed by atoms with Crippen molar-refractivity contribution in [1.82, 2.24) is 0 Å². The van der Waals surface area contributed by atoms with Gasteiger partial charge in [-0.3, -0.25) is 4.79 Å². The van der Waals surface area contributed by atoms with Crippen molar-refractivity contribution in [2.75, 3.05) is 0 Å². The van der Waals surface area contributed by atoms with E-state index >= 15 is 0 Å². The average Bonchev–Trinajstić information content (AvgIpc) is 2.80. The summed E-state index contributed by atoms with van der Waals surface area (Å²) in [5.41, 5.74) is 0.617. The van der Waals surface area contributed by atoms with Gasteiger partial charge in [0.25, 0.3) is 5.76 Å². The van der Waals surface area contributed by atoms with Crippen LogP contribution in [0.15, 0.2) is 75.9 Å². The summed E-state index contributed by atoms with van der Waals surface area (Å²) in [5.74, 6) is -2.06. The molecule has 1 aromatic heterocycles. The van der Waals surface area contributed by atoms with E-state index in [1.54, 1.807) is 36.4 Å². The molecule has 0 amide bonds. The second-order valence-electron chi connectivity index (χ2n) is 7.26. The maximum atomic E-state index is 13.7. The molecule has 3 aromatic carbocycles. The van der Waals surface area contributed by atoms with Crippen LogP contribution in [-0.2, 0) is 19.2 Å². The molecule has 0 atom stereocenters. The minimum atomic E-state index is -4.94. The molecule has 8 heteroatoms. The largest absolute Gasteiger partial charge is 0.489 e. The molecule has 33 heavy (non-hydrogen) atoms. The molecular weight excluding hydrogens is 457 g/mol. The van der Waals surface area contributed by atoms with Crippen molar-refractivity contribution in [3.8, 4) is 17.2 Å². The molecule has 0 bridgehead atoms. The summed E-state index contributed by atoms with van der Waals surface area (Å²) in [6.45, 7) is 2.11. The van der Waals surface area contributed by atoms with Gasteiger partial charge in [0.2, 0.25) is 11.2 Å². The van der Waals surface area contributed by atoms with Crippen LogP contribution in [0, 0.1) is 0 Å². The van der Waals surface area contributed by atoms with E-state index in [4.69, 9.17) is 25.5 Å². The van der Waals surface area contributed by atoms with E-state index in [9.17, 15) is 18.0 Å². The number of ether oxygens (including phenoxy) is 2. The van der Waals surface area contributed by atoms with Crippen LogP contribution in [-0.4, -0.2) is 0 Å². The third-order valence-electron chi connectivity index (χ3n) is 4.95. The maximum absolute atomic E-state index is 13.7. The van der Waals surface area contributed by atoms with E-state index in [1.807, 2.05) is 6.92 Å². The number of halogens is 4. The predicted octanol–water partition coefficient (Wildman–Crippen LogP) is 7.40. The number of alkyl halides is 3. The first-order valence-corrected chi connectivity index (χ1v) is 10.4. The van der Waals surface area contributed by atoms with Gasteiger partial charge in [0.1, 0.15) is 23.7 Å². The standard InChI is InChI=1S/C25H18ClF3O4/c1-2-15-5-9-18(10-6-15)32-23-22(30)20-12-11-19(13-21(20)33-24(23)25(27,28)29)31-14-16-3-7-17(26)8-4-16/h3-13H,2,14H2,1H3. The summed E-state index contributed by atoms with van der Waals surface area (Å²) in [4.78, 5) is 12.9. The molecule has 0 unspecified atom stereocenters. The molecule has 0 aliphatic heterocycles. The number of fused-ring (bicyclic) bond motifs is 1. The number of hydrogen-bond donors (Lipinski definition) is 0.